The van der Waals surface area contributed by atoms with Gasteiger partial charge in [-0.05, 0) is 45.4 Å². The summed E-state index contributed by atoms with van der Waals surface area (Å²) in [6.07, 6.45) is 3.26. The number of methoxy groups -OCH3 is 1. The fraction of sp³-hybridized carbons (Fsp3) is 0.875. The highest BCUT2D eigenvalue weighted by Crippen LogP contribution is 2.47. The molecule has 5 heteroatoms. The van der Waals surface area contributed by atoms with Gasteiger partial charge >= 0.3 is 0 Å². The molecule has 2 atom stereocenters. The smallest absolute Gasteiger partial charge is 0.249 e. The van der Waals surface area contributed by atoms with Gasteiger partial charge in [-0.3, -0.25) is 9.59 Å². The minimum Gasteiger partial charge on any atom is -0.383 e. The summed E-state index contributed by atoms with van der Waals surface area (Å²) in [5, 5.41) is 3.05. The van der Waals surface area contributed by atoms with Crippen molar-refractivity contribution in [1.29, 1.82) is 0 Å². The molecule has 1 heterocycles. The van der Waals surface area contributed by atoms with Gasteiger partial charge in [-0.15, -0.1) is 0 Å². The minimum absolute atomic E-state index is 0.00347. The van der Waals surface area contributed by atoms with E-state index in [2.05, 4.69) is 5.32 Å². The number of carbonyl (C=O) groups excluding carboxylic acids is 2. The van der Waals surface area contributed by atoms with Crippen LogP contribution in [-0.4, -0.2) is 47.6 Å². The van der Waals surface area contributed by atoms with Gasteiger partial charge in [-0.1, -0.05) is 13.8 Å². The van der Waals surface area contributed by atoms with E-state index in [1.165, 1.54) is 0 Å². The molecule has 120 valence electrons. The maximum Gasteiger partial charge on any atom is 0.249 e. The van der Waals surface area contributed by atoms with E-state index in [0.29, 0.717) is 19.4 Å². The van der Waals surface area contributed by atoms with Crippen molar-refractivity contribution in [2.45, 2.75) is 70.5 Å². The SMILES string of the molecule is CCC1(CC)NC(=O)C(C)(C2CC2)N(C(C)COC)C1=O. The number of piperazine rings is 1. The van der Waals surface area contributed by atoms with Gasteiger partial charge in [-0.2, -0.15) is 0 Å². The second-order valence-corrected chi connectivity index (χ2v) is 6.64. The Morgan fingerprint density at radius 2 is 1.90 bits per heavy atom. The summed E-state index contributed by atoms with van der Waals surface area (Å²) in [4.78, 5) is 27.8. The van der Waals surface area contributed by atoms with Crippen LogP contribution in [0.15, 0.2) is 0 Å². The third-order valence-corrected chi connectivity index (χ3v) is 5.37. The summed E-state index contributed by atoms with van der Waals surface area (Å²) in [7, 11) is 1.63. The molecule has 1 aliphatic heterocycles. The quantitative estimate of drug-likeness (QED) is 0.812. The molecule has 1 aliphatic carbocycles. The third kappa shape index (κ3) is 2.35. The first-order chi connectivity index (χ1) is 9.87. The van der Waals surface area contributed by atoms with Crippen molar-refractivity contribution in [3.63, 3.8) is 0 Å². The second kappa shape index (κ2) is 5.59. The molecule has 0 aromatic heterocycles. The third-order valence-electron chi connectivity index (χ3n) is 5.37. The molecule has 2 aliphatic rings. The molecule has 0 radical (unpaired) electrons. The normalized spacial score (nSPS) is 30.2. The number of rotatable bonds is 6. The van der Waals surface area contributed by atoms with Crippen molar-refractivity contribution in [3.05, 3.63) is 0 Å². The second-order valence-electron chi connectivity index (χ2n) is 6.64. The van der Waals surface area contributed by atoms with Crippen LogP contribution < -0.4 is 5.32 Å². The highest BCUT2D eigenvalue weighted by Gasteiger charge is 2.61. The van der Waals surface area contributed by atoms with E-state index in [1.54, 1.807) is 7.11 Å². The zero-order valence-corrected chi connectivity index (χ0v) is 13.9. The first-order valence-corrected chi connectivity index (χ1v) is 8.02. The van der Waals surface area contributed by atoms with Gasteiger partial charge < -0.3 is 15.0 Å². The summed E-state index contributed by atoms with van der Waals surface area (Å²) >= 11 is 0. The topological polar surface area (TPSA) is 58.6 Å². The molecule has 2 rings (SSSR count). The molecule has 5 nitrogen and oxygen atoms in total. The van der Waals surface area contributed by atoms with Crippen LogP contribution >= 0.6 is 0 Å². The molecule has 0 bridgehead atoms. The Bertz CT molecular complexity index is 429. The van der Waals surface area contributed by atoms with Crippen molar-refractivity contribution < 1.29 is 14.3 Å². The zero-order valence-electron chi connectivity index (χ0n) is 13.9. The lowest BCUT2D eigenvalue weighted by Crippen LogP contribution is -2.77. The lowest BCUT2D eigenvalue weighted by molar-refractivity contribution is -0.169. The standard InChI is InChI=1S/C16H28N2O3/c1-6-16(7-2)14(20)18(11(3)10-21-5)15(4,12-8-9-12)13(19)17-16/h11-12H,6-10H2,1-5H3,(H,17,19). The largest absolute Gasteiger partial charge is 0.383 e. The molecule has 0 aromatic rings. The Hall–Kier alpha value is -1.10. The molecule has 0 spiro atoms. The van der Waals surface area contributed by atoms with Crippen LogP contribution in [0.25, 0.3) is 0 Å². The van der Waals surface area contributed by atoms with Crippen molar-refractivity contribution in [1.82, 2.24) is 10.2 Å². The van der Waals surface area contributed by atoms with Gasteiger partial charge in [0.2, 0.25) is 11.8 Å². The molecule has 21 heavy (non-hydrogen) atoms. The number of hydrogen-bond donors (Lipinski definition) is 1. The van der Waals surface area contributed by atoms with E-state index >= 15 is 0 Å². The fourth-order valence-electron chi connectivity index (χ4n) is 3.68. The molecule has 2 amide bonds. The van der Waals surface area contributed by atoms with Crippen molar-refractivity contribution in [2.75, 3.05) is 13.7 Å². The van der Waals surface area contributed by atoms with Gasteiger partial charge in [0.05, 0.1) is 12.6 Å². The van der Waals surface area contributed by atoms with Crippen molar-refractivity contribution in [2.24, 2.45) is 5.92 Å². The number of nitrogens with zero attached hydrogens (tertiary/aromatic N) is 1. The Labute approximate surface area is 127 Å². The molecule has 1 saturated heterocycles. The van der Waals surface area contributed by atoms with Crippen molar-refractivity contribution >= 4 is 11.8 Å². The number of ether oxygens (including phenoxy) is 1. The number of carbonyl (C=O) groups is 2. The fourth-order valence-corrected chi connectivity index (χ4v) is 3.68. The summed E-state index contributed by atoms with van der Waals surface area (Å²) < 4.78 is 5.24. The van der Waals surface area contributed by atoms with Crippen LogP contribution in [-0.2, 0) is 14.3 Å². The van der Waals surface area contributed by atoms with Crippen LogP contribution in [0, 0.1) is 5.92 Å². The molecule has 0 aromatic carbocycles. The lowest BCUT2D eigenvalue weighted by atomic mass is 9.79. The Morgan fingerprint density at radius 3 is 2.33 bits per heavy atom. The van der Waals surface area contributed by atoms with E-state index < -0.39 is 11.1 Å². The zero-order chi connectivity index (χ0) is 15.8. The Kier molecular flexibility index (Phi) is 4.34. The van der Waals surface area contributed by atoms with Crippen molar-refractivity contribution in [3.8, 4) is 0 Å². The molecule has 2 unspecified atom stereocenters. The molecule has 2 fully saturated rings. The lowest BCUT2D eigenvalue weighted by Gasteiger charge is -2.53. The van der Waals surface area contributed by atoms with Crippen LogP contribution in [0.4, 0.5) is 0 Å². The number of hydrogen-bond acceptors (Lipinski definition) is 3. The summed E-state index contributed by atoms with van der Waals surface area (Å²) in [5.41, 5.74) is -1.49. The number of nitrogens with one attached hydrogen (secondary N) is 1. The highest BCUT2D eigenvalue weighted by atomic mass is 16.5. The van der Waals surface area contributed by atoms with Gasteiger partial charge in [0.1, 0.15) is 11.1 Å². The van der Waals surface area contributed by atoms with Crippen LogP contribution in [0.5, 0.6) is 0 Å². The van der Waals surface area contributed by atoms with Gasteiger partial charge in [0, 0.05) is 7.11 Å². The predicted molar refractivity (Wildman–Crippen MR) is 80.8 cm³/mol. The van der Waals surface area contributed by atoms with Gasteiger partial charge in [0.25, 0.3) is 0 Å². The Morgan fingerprint density at radius 1 is 1.33 bits per heavy atom. The van der Waals surface area contributed by atoms with Gasteiger partial charge in [-0.25, -0.2) is 0 Å². The maximum absolute atomic E-state index is 13.2. The molecule has 1 saturated carbocycles. The molecular weight excluding hydrogens is 268 g/mol. The first kappa shape index (κ1) is 16.3. The summed E-state index contributed by atoms with van der Waals surface area (Å²) in [6, 6.07) is -0.100. The van der Waals surface area contributed by atoms with E-state index in [9.17, 15) is 9.59 Å². The van der Waals surface area contributed by atoms with Crippen LogP contribution in [0.3, 0.4) is 0 Å². The first-order valence-electron chi connectivity index (χ1n) is 8.02. The summed E-state index contributed by atoms with van der Waals surface area (Å²) in [6.45, 7) is 8.25. The van der Waals surface area contributed by atoms with Crippen LogP contribution in [0.1, 0.15) is 53.4 Å². The Balaban J connectivity index is 2.44. The molecular formula is C16H28N2O3. The summed E-state index contributed by atoms with van der Waals surface area (Å²) in [5.74, 6) is 0.315. The van der Waals surface area contributed by atoms with E-state index in [4.69, 9.17) is 4.74 Å². The van der Waals surface area contributed by atoms with Crippen LogP contribution in [0.2, 0.25) is 0 Å². The average Bonchev–Trinajstić information content (AvgIpc) is 3.28. The van der Waals surface area contributed by atoms with E-state index in [-0.39, 0.29) is 23.8 Å². The van der Waals surface area contributed by atoms with Gasteiger partial charge in [0.15, 0.2) is 0 Å². The average molecular weight is 296 g/mol. The minimum atomic E-state index is -0.756. The maximum atomic E-state index is 13.2. The highest BCUT2D eigenvalue weighted by molar-refractivity contribution is 6.02. The van der Waals surface area contributed by atoms with E-state index in [0.717, 1.165) is 12.8 Å². The monoisotopic (exact) mass is 296 g/mol. The molecule has 1 N–H and O–H groups in total. The number of amides is 2. The predicted octanol–water partition coefficient (Wildman–Crippen LogP) is 1.71. The van der Waals surface area contributed by atoms with E-state index in [1.807, 2.05) is 32.6 Å².